The molecule has 0 aliphatic carbocycles. The van der Waals surface area contributed by atoms with Crippen molar-refractivity contribution in [3.63, 3.8) is 0 Å². The summed E-state index contributed by atoms with van der Waals surface area (Å²) in [7, 11) is 0. The molecule has 12 nitrogen and oxygen atoms in total. The second-order valence-electron chi connectivity index (χ2n) is 12.5. The van der Waals surface area contributed by atoms with Crippen molar-refractivity contribution in [3.05, 3.63) is 104 Å². The molecule has 6 aromatic rings. The quantitative estimate of drug-likeness (QED) is 0.224. The van der Waals surface area contributed by atoms with Gasteiger partial charge >= 0.3 is 0 Å². The van der Waals surface area contributed by atoms with Crippen LogP contribution >= 0.6 is 23.2 Å². The van der Waals surface area contributed by atoms with Gasteiger partial charge in [-0.05, 0) is 19.3 Å². The standard InChI is InChI=1S/C34H28Cl2F2N8O4/c35-25-19(3-1-5-21(25)27-29(37)45-13-11-43(33(49)31(45)41-27)15-17-7-9-23(47)39-17)20-4-2-6-22(26(20)36)28-30(38)46-14-12-44(34(50)32(46)42-28)16-18-8-10-24(48)40-18/h1-6,11-14,17-18,23,39,47H,7-10,15-16H2,(H,40,48)/t17-,18-,23?/m0/s1. The van der Waals surface area contributed by atoms with E-state index in [1.165, 1.54) is 33.9 Å². The lowest BCUT2D eigenvalue weighted by molar-refractivity contribution is -0.119. The number of aliphatic hydroxyl groups excluding tert-OH is 1. The van der Waals surface area contributed by atoms with Gasteiger partial charge < -0.3 is 19.6 Å². The van der Waals surface area contributed by atoms with Gasteiger partial charge in [0.1, 0.15) is 17.6 Å². The predicted molar refractivity (Wildman–Crippen MR) is 182 cm³/mol. The van der Waals surface area contributed by atoms with Crippen molar-refractivity contribution in [1.82, 2.24) is 38.5 Å². The summed E-state index contributed by atoms with van der Waals surface area (Å²) >= 11 is 13.8. The number of halogens is 4. The van der Waals surface area contributed by atoms with E-state index in [1.807, 2.05) is 0 Å². The van der Waals surface area contributed by atoms with Crippen LogP contribution in [0.4, 0.5) is 8.78 Å². The molecule has 2 aliphatic heterocycles. The third-order valence-electron chi connectivity index (χ3n) is 9.33. The Morgan fingerprint density at radius 1 is 0.720 bits per heavy atom. The molecule has 16 heteroatoms. The van der Waals surface area contributed by atoms with Gasteiger partial charge in [0, 0.05) is 78.6 Å². The van der Waals surface area contributed by atoms with Gasteiger partial charge in [0.25, 0.3) is 11.1 Å². The SMILES string of the molecule is O=C1CC[C@@H](Cn2ccn3c(F)c(-c4cccc(-c5cccc(-c6nc7c(=O)n(C[C@@H]8CCC(O)N8)ccn7c6F)c5Cl)c4Cl)nc3c2=O)N1. The summed E-state index contributed by atoms with van der Waals surface area (Å²) in [4.78, 5) is 46.9. The third kappa shape index (κ3) is 5.39. The summed E-state index contributed by atoms with van der Waals surface area (Å²) in [6, 6.07) is 9.42. The molecule has 2 aliphatic rings. The normalized spacial score (nSPS) is 19.2. The van der Waals surface area contributed by atoms with E-state index in [9.17, 15) is 19.5 Å². The number of fused-ring (bicyclic) bond motifs is 2. The van der Waals surface area contributed by atoms with Crippen LogP contribution in [-0.2, 0) is 17.9 Å². The highest BCUT2D eigenvalue weighted by molar-refractivity contribution is 6.39. The highest BCUT2D eigenvalue weighted by Crippen LogP contribution is 2.42. The number of hydrogen-bond donors (Lipinski definition) is 3. The lowest BCUT2D eigenvalue weighted by Crippen LogP contribution is -2.35. The summed E-state index contributed by atoms with van der Waals surface area (Å²) < 4.78 is 36.6. The number of carbonyl (C=O) groups is 1. The Kier molecular flexibility index (Phi) is 8.06. The van der Waals surface area contributed by atoms with Gasteiger partial charge in [0.2, 0.25) is 29.1 Å². The van der Waals surface area contributed by atoms with Crippen LogP contribution < -0.4 is 21.8 Å². The number of nitrogens with zero attached hydrogens (tertiary/aromatic N) is 6. The number of aliphatic hydroxyl groups is 1. The zero-order valence-corrected chi connectivity index (χ0v) is 27.6. The minimum absolute atomic E-state index is 0.0817. The molecule has 6 heterocycles. The second-order valence-corrected chi connectivity index (χ2v) is 13.3. The molecule has 2 fully saturated rings. The fourth-order valence-corrected chi connectivity index (χ4v) is 7.43. The highest BCUT2D eigenvalue weighted by atomic mass is 35.5. The van der Waals surface area contributed by atoms with Crippen LogP contribution in [0.3, 0.4) is 0 Å². The van der Waals surface area contributed by atoms with Gasteiger partial charge in [0.05, 0.1) is 10.0 Å². The molecule has 8 rings (SSSR count). The molecule has 0 saturated carbocycles. The van der Waals surface area contributed by atoms with Crippen LogP contribution in [0.5, 0.6) is 0 Å². The lowest BCUT2D eigenvalue weighted by Gasteiger charge is -2.13. The van der Waals surface area contributed by atoms with Crippen molar-refractivity contribution < 1.29 is 18.7 Å². The van der Waals surface area contributed by atoms with Crippen LogP contribution in [0.15, 0.2) is 70.8 Å². The van der Waals surface area contributed by atoms with Gasteiger partial charge in [-0.25, -0.2) is 9.97 Å². The van der Waals surface area contributed by atoms with E-state index in [4.69, 9.17) is 23.2 Å². The lowest BCUT2D eigenvalue weighted by atomic mass is 9.99. The molecule has 3 atom stereocenters. The van der Waals surface area contributed by atoms with E-state index < -0.39 is 29.2 Å². The average molecular weight is 722 g/mol. The fraction of sp³-hybridized carbons (Fsp3) is 0.265. The maximum atomic E-state index is 15.8. The zero-order valence-electron chi connectivity index (χ0n) is 26.1. The first-order chi connectivity index (χ1) is 24.1. The Labute approximate surface area is 291 Å². The van der Waals surface area contributed by atoms with Crippen molar-refractivity contribution >= 4 is 40.4 Å². The first-order valence-corrected chi connectivity index (χ1v) is 16.7. The number of nitrogens with one attached hydrogen (secondary N) is 2. The molecule has 50 heavy (non-hydrogen) atoms. The van der Waals surface area contributed by atoms with Crippen molar-refractivity contribution in [2.24, 2.45) is 0 Å². The van der Waals surface area contributed by atoms with Crippen LogP contribution in [0, 0.1) is 11.9 Å². The van der Waals surface area contributed by atoms with E-state index >= 15 is 8.78 Å². The maximum Gasteiger partial charge on any atom is 0.294 e. The summed E-state index contributed by atoms with van der Waals surface area (Å²) in [6.45, 7) is 0.506. The predicted octanol–water partition coefficient (Wildman–Crippen LogP) is 4.24. The van der Waals surface area contributed by atoms with E-state index in [1.54, 1.807) is 36.4 Å². The van der Waals surface area contributed by atoms with Gasteiger partial charge in [-0.2, -0.15) is 8.78 Å². The number of aromatic nitrogens is 6. The van der Waals surface area contributed by atoms with Gasteiger partial charge in [0.15, 0.2) is 0 Å². The first kappa shape index (κ1) is 32.3. The molecule has 256 valence electrons. The Balaban J connectivity index is 1.15. The molecular weight excluding hydrogens is 693 g/mol. The molecule has 2 saturated heterocycles. The van der Waals surface area contributed by atoms with Gasteiger partial charge in [-0.1, -0.05) is 59.6 Å². The first-order valence-electron chi connectivity index (χ1n) is 15.9. The Hall–Kier alpha value is -4.89. The summed E-state index contributed by atoms with van der Waals surface area (Å²) in [6.07, 6.45) is 7.33. The minimum atomic E-state index is -0.797. The van der Waals surface area contributed by atoms with Crippen LogP contribution in [-0.4, -0.2) is 57.2 Å². The molecule has 0 radical (unpaired) electrons. The molecule has 4 aromatic heterocycles. The fourth-order valence-electron chi connectivity index (χ4n) is 6.79. The minimum Gasteiger partial charge on any atom is -0.379 e. The molecule has 2 aromatic carbocycles. The highest BCUT2D eigenvalue weighted by Gasteiger charge is 2.27. The molecule has 0 spiro atoms. The van der Waals surface area contributed by atoms with E-state index in [0.717, 1.165) is 8.80 Å². The number of amides is 1. The van der Waals surface area contributed by atoms with Gasteiger partial charge in [-0.3, -0.25) is 28.5 Å². The monoisotopic (exact) mass is 720 g/mol. The number of hydrogen-bond acceptors (Lipinski definition) is 7. The zero-order chi connectivity index (χ0) is 34.8. The molecular formula is C34H28Cl2F2N8O4. The summed E-state index contributed by atoms with van der Waals surface area (Å²) in [5.74, 6) is -1.67. The van der Waals surface area contributed by atoms with Crippen LogP contribution in [0.2, 0.25) is 10.0 Å². The number of rotatable bonds is 7. The third-order valence-corrected chi connectivity index (χ3v) is 10.1. The maximum absolute atomic E-state index is 15.8. The molecule has 3 N–H and O–H groups in total. The molecule has 1 unspecified atom stereocenters. The van der Waals surface area contributed by atoms with Crippen LogP contribution in [0.25, 0.3) is 44.9 Å². The van der Waals surface area contributed by atoms with E-state index in [-0.39, 0.29) is 74.9 Å². The van der Waals surface area contributed by atoms with Crippen molar-refractivity contribution in [3.8, 4) is 33.6 Å². The topological polar surface area (TPSA) is 140 Å². The van der Waals surface area contributed by atoms with Crippen molar-refractivity contribution in [1.29, 1.82) is 0 Å². The average Bonchev–Trinajstić information content (AvgIpc) is 3.87. The smallest absolute Gasteiger partial charge is 0.294 e. The summed E-state index contributed by atoms with van der Waals surface area (Å²) in [5.41, 5.74) is -0.432. The largest absolute Gasteiger partial charge is 0.379 e. The van der Waals surface area contributed by atoms with Crippen molar-refractivity contribution in [2.45, 2.75) is 57.1 Å². The Morgan fingerprint density at radius 2 is 1.22 bits per heavy atom. The van der Waals surface area contributed by atoms with Crippen molar-refractivity contribution in [2.75, 3.05) is 0 Å². The van der Waals surface area contributed by atoms with Gasteiger partial charge in [-0.15, -0.1) is 0 Å². The summed E-state index contributed by atoms with van der Waals surface area (Å²) in [5, 5.41) is 15.8. The van der Waals surface area contributed by atoms with E-state index in [2.05, 4.69) is 20.6 Å². The number of imidazole rings is 2. The Bertz CT molecular complexity index is 2470. The van der Waals surface area contributed by atoms with E-state index in [0.29, 0.717) is 36.8 Å². The molecule has 1 amide bonds. The number of benzene rings is 2. The Morgan fingerprint density at radius 3 is 1.68 bits per heavy atom. The second kappa shape index (κ2) is 12.5. The molecule has 0 bridgehead atoms. The number of carbonyl (C=O) groups excluding carboxylic acids is 1. The van der Waals surface area contributed by atoms with Crippen LogP contribution in [0.1, 0.15) is 25.7 Å².